The zero-order valence-electron chi connectivity index (χ0n) is 14.4. The average Bonchev–Trinajstić information content (AvgIpc) is 2.45. The van der Waals surface area contributed by atoms with Crippen LogP contribution >= 0.6 is 0 Å². The Balaban J connectivity index is 0.000000511. The lowest BCUT2D eigenvalue weighted by Crippen LogP contribution is -2.53. The van der Waals surface area contributed by atoms with E-state index in [2.05, 4.69) is 7.05 Å². The van der Waals surface area contributed by atoms with Gasteiger partial charge in [-0.2, -0.15) is 26.3 Å². The number of sulfonamides is 2. The molecule has 164 valence electrons. The van der Waals surface area contributed by atoms with Gasteiger partial charge in [0, 0.05) is 6.61 Å². The fourth-order valence-electron chi connectivity index (χ4n) is 1.65. The maximum Gasteiger partial charge on any atom is 0.480 e. The molecule has 0 aromatic rings. The maximum absolute atomic E-state index is 11.4. The minimum Gasteiger partial charge on any atom is -0.421 e. The van der Waals surface area contributed by atoms with Crippen LogP contribution in [-0.2, 0) is 29.5 Å². The quantitative estimate of drug-likeness (QED) is 0.343. The summed E-state index contributed by atoms with van der Waals surface area (Å²) < 4.78 is 121. The summed E-state index contributed by atoms with van der Waals surface area (Å²) >= 11 is 0. The number of quaternary nitrogens is 1. The lowest BCUT2D eigenvalue weighted by atomic mass is 10.3. The number of hydrogen-bond donors (Lipinski definition) is 0. The number of ether oxygens (including phenoxy) is 2. The third-order valence-corrected chi connectivity index (χ3v) is 6.05. The van der Waals surface area contributed by atoms with Gasteiger partial charge in [0.25, 0.3) is 0 Å². The molecule has 0 amide bonds. The van der Waals surface area contributed by atoms with Crippen LogP contribution in [0.4, 0.5) is 26.3 Å². The first-order valence-corrected chi connectivity index (χ1v) is 10.2. The van der Waals surface area contributed by atoms with Crippen molar-refractivity contribution in [2.24, 2.45) is 0 Å². The molecule has 1 heterocycles. The van der Waals surface area contributed by atoms with Crippen molar-refractivity contribution in [3.05, 3.63) is 4.13 Å². The van der Waals surface area contributed by atoms with Crippen LogP contribution in [0.15, 0.2) is 0 Å². The molecule has 8 nitrogen and oxygen atoms in total. The molecule has 0 spiro atoms. The van der Waals surface area contributed by atoms with Crippen LogP contribution in [0.5, 0.6) is 0 Å². The van der Waals surface area contributed by atoms with Gasteiger partial charge >= 0.3 is 11.0 Å². The molecule has 0 aromatic carbocycles. The zero-order chi connectivity index (χ0) is 21.6. The molecule has 1 rings (SSSR count). The molecular formula is C11H20F6N2O6S2. The molecule has 1 saturated heterocycles. The van der Waals surface area contributed by atoms with Gasteiger partial charge in [0.15, 0.2) is 20.0 Å². The summed E-state index contributed by atoms with van der Waals surface area (Å²) in [4.78, 5) is 0. The Morgan fingerprint density at radius 3 is 1.70 bits per heavy atom. The highest BCUT2D eigenvalue weighted by Crippen LogP contribution is 2.36. The lowest BCUT2D eigenvalue weighted by molar-refractivity contribution is -0.917. The summed E-state index contributed by atoms with van der Waals surface area (Å²) in [5.74, 6) is 0. The summed E-state index contributed by atoms with van der Waals surface area (Å²) in [6.07, 6.45) is 0. The normalized spacial score (nSPS) is 18.5. The lowest BCUT2D eigenvalue weighted by Gasteiger charge is -2.37. The van der Waals surface area contributed by atoms with E-state index in [1.807, 2.05) is 6.92 Å². The molecule has 0 aromatic heterocycles. The Morgan fingerprint density at radius 1 is 0.963 bits per heavy atom. The topological polar surface area (TPSA) is 101 Å². The van der Waals surface area contributed by atoms with Crippen LogP contribution < -0.4 is 0 Å². The van der Waals surface area contributed by atoms with Gasteiger partial charge in [0.2, 0.25) is 0 Å². The number of alkyl halides is 6. The van der Waals surface area contributed by atoms with E-state index in [1.54, 1.807) is 0 Å². The molecule has 0 bridgehead atoms. The van der Waals surface area contributed by atoms with Crippen LogP contribution in [0.2, 0.25) is 0 Å². The van der Waals surface area contributed by atoms with Crippen molar-refractivity contribution in [2.45, 2.75) is 17.9 Å². The van der Waals surface area contributed by atoms with Gasteiger partial charge in [-0.3, -0.25) is 0 Å². The second-order valence-corrected chi connectivity index (χ2v) is 8.94. The van der Waals surface area contributed by atoms with Gasteiger partial charge in [-0.15, -0.1) is 0 Å². The highest BCUT2D eigenvalue weighted by Gasteiger charge is 2.46. The van der Waals surface area contributed by atoms with E-state index in [0.717, 1.165) is 54.7 Å². The Labute approximate surface area is 153 Å². The second-order valence-electron chi connectivity index (χ2n) is 5.52. The van der Waals surface area contributed by atoms with Crippen molar-refractivity contribution in [1.82, 2.24) is 0 Å². The summed E-state index contributed by atoms with van der Waals surface area (Å²) in [5.41, 5.74) is -12.4. The SMILES string of the molecule is CCOCC[N+]1(C)CCOCC1.O=S(=O)([N-]S(=O)(=O)C(F)(F)F)C(F)(F)F. The fourth-order valence-corrected chi connectivity index (χ4v) is 3.36. The zero-order valence-corrected chi connectivity index (χ0v) is 16.0. The Morgan fingerprint density at radius 2 is 1.37 bits per heavy atom. The summed E-state index contributed by atoms with van der Waals surface area (Å²) in [6, 6.07) is 0. The van der Waals surface area contributed by atoms with E-state index in [1.165, 1.54) is 0 Å². The first kappa shape index (κ1) is 26.3. The molecule has 0 N–H and O–H groups in total. The van der Waals surface area contributed by atoms with Crippen LogP contribution in [0.1, 0.15) is 6.92 Å². The summed E-state index contributed by atoms with van der Waals surface area (Å²) in [5, 5.41) is 0. The molecule has 1 aliphatic heterocycles. The highest BCUT2D eigenvalue weighted by atomic mass is 32.3. The van der Waals surface area contributed by atoms with Crippen LogP contribution in [-0.4, -0.2) is 85.4 Å². The van der Waals surface area contributed by atoms with Crippen LogP contribution in [0.3, 0.4) is 0 Å². The first-order chi connectivity index (χ1) is 12.0. The Bertz CT molecular complexity index is 614. The molecule has 0 aliphatic carbocycles. The summed E-state index contributed by atoms with van der Waals surface area (Å²) in [7, 11) is -11.2. The van der Waals surface area contributed by atoms with Gasteiger partial charge in [-0.25, -0.2) is 16.8 Å². The minimum atomic E-state index is -6.72. The third-order valence-electron chi connectivity index (χ3n) is 3.31. The van der Waals surface area contributed by atoms with E-state index in [-0.39, 0.29) is 0 Å². The van der Waals surface area contributed by atoms with Crippen molar-refractivity contribution < 1.29 is 57.1 Å². The second kappa shape index (κ2) is 9.69. The van der Waals surface area contributed by atoms with E-state index in [9.17, 15) is 43.2 Å². The van der Waals surface area contributed by atoms with Crippen LogP contribution in [0, 0.1) is 0 Å². The van der Waals surface area contributed by atoms with Crippen molar-refractivity contribution in [1.29, 1.82) is 0 Å². The Hall–Kier alpha value is -0.680. The molecule has 0 unspecified atom stereocenters. The number of halogens is 6. The molecular weight excluding hydrogens is 434 g/mol. The molecule has 16 heteroatoms. The van der Waals surface area contributed by atoms with Gasteiger partial charge in [-0.05, 0) is 6.92 Å². The van der Waals surface area contributed by atoms with Crippen molar-refractivity contribution in [3.8, 4) is 0 Å². The number of rotatable bonds is 6. The van der Waals surface area contributed by atoms with Crippen molar-refractivity contribution in [3.63, 3.8) is 0 Å². The fraction of sp³-hybridized carbons (Fsp3) is 1.00. The predicted molar refractivity (Wildman–Crippen MR) is 81.4 cm³/mol. The Kier molecular flexibility index (Phi) is 9.44. The van der Waals surface area contributed by atoms with E-state index >= 15 is 0 Å². The molecule has 27 heavy (non-hydrogen) atoms. The van der Waals surface area contributed by atoms with Gasteiger partial charge in [0.1, 0.15) is 19.6 Å². The third kappa shape index (κ3) is 8.91. The van der Waals surface area contributed by atoms with Gasteiger partial charge < -0.3 is 18.1 Å². The van der Waals surface area contributed by atoms with E-state index < -0.39 is 31.1 Å². The van der Waals surface area contributed by atoms with Gasteiger partial charge in [0.05, 0.1) is 26.9 Å². The molecule has 0 radical (unpaired) electrons. The van der Waals surface area contributed by atoms with Crippen molar-refractivity contribution in [2.75, 3.05) is 53.1 Å². The molecule has 1 fully saturated rings. The maximum atomic E-state index is 11.4. The number of likely N-dealkylation sites (N-methyl/N-ethyl adjacent to an activating group) is 1. The standard InChI is InChI=1S/C9H20NO2.C2F6NO4S2/c1-3-11-7-4-10(2)5-8-12-9-6-10;3-1(4,5)14(10,11)9-15(12,13)2(6,7)8/h3-9H2,1-2H3;/q+1;-1. The monoisotopic (exact) mass is 454 g/mol. The predicted octanol–water partition coefficient (Wildman–Crippen LogP) is 1.56. The van der Waals surface area contributed by atoms with E-state index in [0.29, 0.717) is 0 Å². The molecule has 0 atom stereocenters. The largest absolute Gasteiger partial charge is 0.480 e. The average molecular weight is 454 g/mol. The smallest absolute Gasteiger partial charge is 0.421 e. The molecule has 1 aliphatic rings. The summed E-state index contributed by atoms with van der Waals surface area (Å²) in [6.45, 7) is 8.95. The van der Waals surface area contributed by atoms with Crippen LogP contribution in [0.25, 0.3) is 4.13 Å². The van der Waals surface area contributed by atoms with Crippen molar-refractivity contribution >= 4 is 20.0 Å². The number of morpholine rings is 1. The highest BCUT2D eigenvalue weighted by molar-refractivity contribution is 8.13. The van der Waals surface area contributed by atoms with Gasteiger partial charge in [-0.1, -0.05) is 0 Å². The minimum absolute atomic E-state index is 0.778. The van der Waals surface area contributed by atoms with E-state index in [4.69, 9.17) is 9.47 Å². The number of nitrogens with zero attached hydrogens (tertiary/aromatic N) is 2. The molecule has 0 saturated carbocycles. The first-order valence-electron chi connectivity index (χ1n) is 7.33. The number of hydrogen-bond acceptors (Lipinski definition) is 6.